The molecule has 0 N–H and O–H groups in total. The number of nitrogens with zero attached hydrogens (tertiary/aromatic N) is 2. The Morgan fingerprint density at radius 2 is 2.17 bits per heavy atom. The van der Waals surface area contributed by atoms with Crippen molar-refractivity contribution in [1.29, 1.82) is 5.26 Å². The number of fused-ring (bicyclic) bond motifs is 1. The second-order valence-corrected chi connectivity index (χ2v) is 5.93. The van der Waals surface area contributed by atoms with Crippen LogP contribution in [0.5, 0.6) is 5.75 Å². The fourth-order valence-corrected chi connectivity index (χ4v) is 2.07. The van der Waals surface area contributed by atoms with E-state index < -0.39 is 5.41 Å². The molecule has 4 nitrogen and oxygen atoms in total. The third kappa shape index (κ3) is 2.49. The molecule has 0 aliphatic rings. The number of carbonyl (C=O) groups is 1. The summed E-state index contributed by atoms with van der Waals surface area (Å²) in [6, 6.07) is 7.17. The Labute approximate surface area is 109 Å². The molecule has 0 atom stereocenters. The first kappa shape index (κ1) is 12.5. The molecule has 2 aromatic rings. The molecule has 1 aromatic heterocycles. The molecule has 0 spiro atoms. The molecular formula is C13H12N2O2S. The molecule has 0 aliphatic heterocycles. The maximum absolute atomic E-state index is 11.7. The quantitative estimate of drug-likeness (QED) is 0.583. The Balaban J connectivity index is 2.31. The highest BCUT2D eigenvalue weighted by Gasteiger charge is 2.23. The lowest BCUT2D eigenvalue weighted by molar-refractivity contribution is -0.142. The maximum Gasteiger partial charge on any atom is 0.316 e. The second-order valence-electron chi connectivity index (χ2n) is 4.90. The summed E-state index contributed by atoms with van der Waals surface area (Å²) >= 11 is 1.28. The summed E-state index contributed by atoms with van der Waals surface area (Å²) in [6.07, 6.45) is 0. The van der Waals surface area contributed by atoms with Gasteiger partial charge >= 0.3 is 5.97 Å². The number of thiazole rings is 1. The SMILES string of the molecule is CC(C)(C)C(=O)Oc1ccc2nc(C#N)sc2c1. The van der Waals surface area contributed by atoms with Crippen molar-refractivity contribution in [2.75, 3.05) is 0 Å². The first-order valence-corrected chi connectivity index (χ1v) is 6.25. The summed E-state index contributed by atoms with van der Waals surface area (Å²) in [5.74, 6) is 0.197. The monoisotopic (exact) mass is 260 g/mol. The van der Waals surface area contributed by atoms with Crippen molar-refractivity contribution in [3.8, 4) is 11.8 Å². The van der Waals surface area contributed by atoms with E-state index in [1.54, 1.807) is 39.0 Å². The summed E-state index contributed by atoms with van der Waals surface area (Å²) in [5, 5.41) is 9.18. The van der Waals surface area contributed by atoms with E-state index in [1.807, 2.05) is 6.07 Å². The summed E-state index contributed by atoms with van der Waals surface area (Å²) < 4.78 is 6.13. The van der Waals surface area contributed by atoms with Gasteiger partial charge in [-0.1, -0.05) is 0 Å². The first-order valence-electron chi connectivity index (χ1n) is 5.43. The van der Waals surface area contributed by atoms with Gasteiger partial charge in [-0.05, 0) is 32.9 Å². The van der Waals surface area contributed by atoms with E-state index in [2.05, 4.69) is 4.98 Å². The van der Waals surface area contributed by atoms with Gasteiger partial charge in [-0.15, -0.1) is 11.3 Å². The van der Waals surface area contributed by atoms with Crippen LogP contribution in [0.4, 0.5) is 0 Å². The molecule has 1 heterocycles. The van der Waals surface area contributed by atoms with Crippen LogP contribution in [0, 0.1) is 16.7 Å². The van der Waals surface area contributed by atoms with E-state index >= 15 is 0 Å². The van der Waals surface area contributed by atoms with Crippen molar-refractivity contribution in [2.24, 2.45) is 5.41 Å². The molecule has 18 heavy (non-hydrogen) atoms. The lowest BCUT2D eigenvalue weighted by atomic mass is 9.97. The number of hydrogen-bond acceptors (Lipinski definition) is 5. The fraction of sp³-hybridized carbons (Fsp3) is 0.308. The van der Waals surface area contributed by atoms with Crippen molar-refractivity contribution < 1.29 is 9.53 Å². The van der Waals surface area contributed by atoms with Gasteiger partial charge in [0.15, 0.2) is 5.01 Å². The molecule has 0 bridgehead atoms. The summed E-state index contributed by atoms with van der Waals surface area (Å²) in [6.45, 7) is 5.40. The van der Waals surface area contributed by atoms with E-state index in [-0.39, 0.29) is 5.97 Å². The van der Waals surface area contributed by atoms with Crippen LogP contribution in [-0.4, -0.2) is 11.0 Å². The summed E-state index contributed by atoms with van der Waals surface area (Å²) in [4.78, 5) is 15.9. The van der Waals surface area contributed by atoms with Crippen LogP contribution in [0.15, 0.2) is 18.2 Å². The molecule has 92 valence electrons. The molecular weight excluding hydrogens is 248 g/mol. The predicted molar refractivity (Wildman–Crippen MR) is 69.4 cm³/mol. The highest BCUT2D eigenvalue weighted by molar-refractivity contribution is 7.19. The van der Waals surface area contributed by atoms with Crippen molar-refractivity contribution in [3.05, 3.63) is 23.2 Å². The minimum Gasteiger partial charge on any atom is -0.426 e. The van der Waals surface area contributed by atoms with Crippen molar-refractivity contribution in [2.45, 2.75) is 20.8 Å². The zero-order chi connectivity index (χ0) is 13.3. The minimum atomic E-state index is -0.541. The van der Waals surface area contributed by atoms with Gasteiger partial charge in [-0.25, -0.2) is 4.98 Å². The van der Waals surface area contributed by atoms with Crippen molar-refractivity contribution in [3.63, 3.8) is 0 Å². The molecule has 1 aromatic carbocycles. The van der Waals surface area contributed by atoms with Gasteiger partial charge in [0.05, 0.1) is 15.6 Å². The second kappa shape index (κ2) is 4.39. The molecule has 0 saturated heterocycles. The van der Waals surface area contributed by atoms with Crippen LogP contribution in [0.2, 0.25) is 0 Å². The van der Waals surface area contributed by atoms with Gasteiger partial charge < -0.3 is 4.74 Å². The molecule has 5 heteroatoms. The zero-order valence-corrected chi connectivity index (χ0v) is 11.2. The van der Waals surface area contributed by atoms with E-state index in [1.165, 1.54) is 11.3 Å². The normalized spacial score (nSPS) is 11.2. The largest absolute Gasteiger partial charge is 0.426 e. The summed E-state index contributed by atoms with van der Waals surface area (Å²) in [5.41, 5.74) is 0.201. The van der Waals surface area contributed by atoms with Crippen molar-refractivity contribution >= 4 is 27.5 Å². The number of carbonyl (C=O) groups excluding carboxylic acids is 1. The van der Waals surface area contributed by atoms with Crippen LogP contribution in [0.3, 0.4) is 0 Å². The molecule has 0 radical (unpaired) electrons. The van der Waals surface area contributed by atoms with Crippen LogP contribution < -0.4 is 4.74 Å². The van der Waals surface area contributed by atoms with E-state index in [0.717, 1.165) is 10.2 Å². The Bertz CT molecular complexity index is 647. The molecule has 0 aliphatic carbocycles. The average molecular weight is 260 g/mol. The molecule has 0 saturated carbocycles. The van der Waals surface area contributed by atoms with Gasteiger partial charge in [0.1, 0.15) is 11.8 Å². The number of ether oxygens (including phenoxy) is 1. The van der Waals surface area contributed by atoms with Crippen LogP contribution >= 0.6 is 11.3 Å². The lowest BCUT2D eigenvalue weighted by Crippen LogP contribution is -2.25. The number of aromatic nitrogens is 1. The molecule has 0 fully saturated rings. The minimum absolute atomic E-state index is 0.285. The number of esters is 1. The third-order valence-corrected chi connectivity index (χ3v) is 3.20. The molecule has 0 amide bonds. The van der Waals surface area contributed by atoms with E-state index in [4.69, 9.17) is 10.00 Å². The smallest absolute Gasteiger partial charge is 0.316 e. The first-order chi connectivity index (χ1) is 8.40. The third-order valence-electron chi connectivity index (χ3n) is 2.28. The molecule has 0 unspecified atom stereocenters. The number of benzene rings is 1. The fourth-order valence-electron chi connectivity index (χ4n) is 1.28. The number of rotatable bonds is 1. The highest BCUT2D eigenvalue weighted by Crippen LogP contribution is 2.27. The zero-order valence-electron chi connectivity index (χ0n) is 10.4. The van der Waals surface area contributed by atoms with Gasteiger partial charge in [0.25, 0.3) is 0 Å². The predicted octanol–water partition coefficient (Wildman–Crippen LogP) is 3.12. The van der Waals surface area contributed by atoms with Crippen LogP contribution in [0.1, 0.15) is 25.8 Å². The van der Waals surface area contributed by atoms with E-state index in [0.29, 0.717) is 10.8 Å². The average Bonchev–Trinajstić information content (AvgIpc) is 2.69. The van der Waals surface area contributed by atoms with Gasteiger partial charge in [-0.3, -0.25) is 4.79 Å². The number of nitriles is 1. The Morgan fingerprint density at radius 3 is 2.78 bits per heavy atom. The molecule has 2 rings (SSSR count). The standard InChI is InChI=1S/C13H12N2O2S/c1-13(2,3)12(16)17-8-4-5-9-10(6-8)18-11(7-14)15-9/h4-6H,1-3H3. The Kier molecular flexibility index (Phi) is 3.05. The Morgan fingerprint density at radius 1 is 1.44 bits per heavy atom. The highest BCUT2D eigenvalue weighted by atomic mass is 32.1. The lowest BCUT2D eigenvalue weighted by Gasteiger charge is -2.16. The van der Waals surface area contributed by atoms with Gasteiger partial charge in [0.2, 0.25) is 0 Å². The summed E-state index contributed by atoms with van der Waals surface area (Å²) in [7, 11) is 0. The Hall–Kier alpha value is -1.93. The van der Waals surface area contributed by atoms with Crippen LogP contribution in [0.25, 0.3) is 10.2 Å². The van der Waals surface area contributed by atoms with Crippen LogP contribution in [-0.2, 0) is 4.79 Å². The maximum atomic E-state index is 11.7. The number of hydrogen-bond donors (Lipinski definition) is 0. The van der Waals surface area contributed by atoms with Gasteiger partial charge in [0, 0.05) is 6.07 Å². The van der Waals surface area contributed by atoms with E-state index in [9.17, 15) is 4.79 Å². The van der Waals surface area contributed by atoms with Crippen molar-refractivity contribution in [1.82, 2.24) is 4.98 Å². The topological polar surface area (TPSA) is 63.0 Å². The van der Waals surface area contributed by atoms with Gasteiger partial charge in [-0.2, -0.15) is 5.26 Å².